The molecule has 0 aliphatic carbocycles. The molecule has 4 heteroatoms. The first-order chi connectivity index (χ1) is 13.5. The van der Waals surface area contributed by atoms with Crippen molar-refractivity contribution in [1.29, 1.82) is 0 Å². The number of aromatic nitrogens is 1. The molecule has 2 aromatic heterocycles. The maximum Gasteiger partial charge on any atom is 0.342 e. The standard InChI is InChI=1S/C24H23NO3/c1-5-27-24(26)21-16(4)28-15(3)20(21)22-18-13-14(2)11-12-19(18)25-23(22)17-9-7-6-8-10-17/h6-13,25H,5H2,1-4H3. The van der Waals surface area contributed by atoms with Crippen molar-refractivity contribution in [2.24, 2.45) is 0 Å². The first-order valence-electron chi connectivity index (χ1n) is 9.46. The van der Waals surface area contributed by atoms with E-state index in [2.05, 4.69) is 42.2 Å². The Balaban J connectivity index is 2.09. The molecule has 0 saturated carbocycles. The van der Waals surface area contributed by atoms with E-state index in [1.807, 2.05) is 39.0 Å². The van der Waals surface area contributed by atoms with Gasteiger partial charge in [-0.1, -0.05) is 42.0 Å². The summed E-state index contributed by atoms with van der Waals surface area (Å²) < 4.78 is 11.2. The van der Waals surface area contributed by atoms with Crippen LogP contribution in [0.1, 0.15) is 34.4 Å². The van der Waals surface area contributed by atoms with Crippen LogP contribution in [0.3, 0.4) is 0 Å². The van der Waals surface area contributed by atoms with Crippen molar-refractivity contribution in [1.82, 2.24) is 4.98 Å². The number of aromatic amines is 1. The third kappa shape index (κ3) is 2.91. The number of rotatable bonds is 4. The number of ether oxygens (including phenoxy) is 1. The molecule has 0 radical (unpaired) electrons. The van der Waals surface area contributed by atoms with Crippen molar-refractivity contribution >= 4 is 16.9 Å². The zero-order chi connectivity index (χ0) is 19.8. The Morgan fingerprint density at radius 2 is 1.75 bits per heavy atom. The maximum absolute atomic E-state index is 12.8. The number of carbonyl (C=O) groups excluding carboxylic acids is 1. The molecule has 0 bridgehead atoms. The van der Waals surface area contributed by atoms with E-state index in [9.17, 15) is 4.79 Å². The Morgan fingerprint density at radius 1 is 1.00 bits per heavy atom. The third-order valence-corrected chi connectivity index (χ3v) is 5.01. The summed E-state index contributed by atoms with van der Waals surface area (Å²) >= 11 is 0. The average Bonchev–Trinajstić information content (AvgIpc) is 3.18. The van der Waals surface area contributed by atoms with Gasteiger partial charge in [0.25, 0.3) is 0 Å². The molecule has 4 rings (SSSR count). The maximum atomic E-state index is 12.8. The molecule has 0 atom stereocenters. The lowest BCUT2D eigenvalue weighted by Gasteiger charge is -2.08. The van der Waals surface area contributed by atoms with Gasteiger partial charge < -0.3 is 14.1 Å². The molecule has 0 saturated heterocycles. The van der Waals surface area contributed by atoms with Crippen molar-refractivity contribution in [3.05, 3.63) is 71.2 Å². The fraction of sp³-hybridized carbons (Fsp3) is 0.208. The zero-order valence-corrected chi connectivity index (χ0v) is 16.6. The Morgan fingerprint density at radius 3 is 2.46 bits per heavy atom. The number of furan rings is 1. The molecular weight excluding hydrogens is 350 g/mol. The fourth-order valence-corrected chi connectivity index (χ4v) is 3.82. The zero-order valence-electron chi connectivity index (χ0n) is 16.6. The van der Waals surface area contributed by atoms with Crippen LogP contribution < -0.4 is 0 Å². The number of nitrogens with one attached hydrogen (secondary N) is 1. The number of benzene rings is 2. The summed E-state index contributed by atoms with van der Waals surface area (Å²) in [7, 11) is 0. The molecule has 4 aromatic rings. The lowest BCUT2D eigenvalue weighted by Crippen LogP contribution is -2.06. The molecule has 0 aliphatic heterocycles. The Labute approximate surface area is 164 Å². The van der Waals surface area contributed by atoms with Crippen LogP contribution in [-0.4, -0.2) is 17.6 Å². The molecule has 0 unspecified atom stereocenters. The predicted octanol–water partition coefficient (Wildman–Crippen LogP) is 6.20. The summed E-state index contributed by atoms with van der Waals surface area (Å²) in [6.45, 7) is 7.91. The quantitative estimate of drug-likeness (QED) is 0.434. The van der Waals surface area contributed by atoms with Crippen LogP contribution in [0.4, 0.5) is 0 Å². The van der Waals surface area contributed by atoms with E-state index in [-0.39, 0.29) is 5.97 Å². The second-order valence-corrected chi connectivity index (χ2v) is 6.97. The van der Waals surface area contributed by atoms with Gasteiger partial charge >= 0.3 is 5.97 Å². The first kappa shape index (κ1) is 18.1. The van der Waals surface area contributed by atoms with Gasteiger partial charge in [0.2, 0.25) is 0 Å². The SMILES string of the molecule is CCOC(=O)c1c(C)oc(C)c1-c1c(-c2ccccc2)[nH]c2ccc(C)cc12. The number of hydrogen-bond acceptors (Lipinski definition) is 3. The molecule has 4 nitrogen and oxygen atoms in total. The predicted molar refractivity (Wildman–Crippen MR) is 112 cm³/mol. The number of esters is 1. The van der Waals surface area contributed by atoms with Crippen LogP contribution in [0.25, 0.3) is 33.3 Å². The molecule has 1 N–H and O–H groups in total. The van der Waals surface area contributed by atoms with Gasteiger partial charge in [-0.25, -0.2) is 4.79 Å². The number of carbonyl (C=O) groups is 1. The molecule has 0 fully saturated rings. The summed E-state index contributed by atoms with van der Waals surface area (Å²) in [6.07, 6.45) is 0. The lowest BCUT2D eigenvalue weighted by molar-refractivity contribution is 0.0525. The first-order valence-corrected chi connectivity index (χ1v) is 9.46. The average molecular weight is 373 g/mol. The molecule has 0 aliphatic rings. The van der Waals surface area contributed by atoms with E-state index >= 15 is 0 Å². The molecule has 0 amide bonds. The van der Waals surface area contributed by atoms with Crippen molar-refractivity contribution in [3.8, 4) is 22.4 Å². The summed E-state index contributed by atoms with van der Waals surface area (Å²) in [5, 5.41) is 1.06. The van der Waals surface area contributed by atoms with Gasteiger partial charge in [0, 0.05) is 22.0 Å². The third-order valence-electron chi connectivity index (χ3n) is 5.01. The highest BCUT2D eigenvalue weighted by molar-refractivity contribution is 6.10. The summed E-state index contributed by atoms with van der Waals surface area (Å²) in [5.41, 5.74) is 6.47. The summed E-state index contributed by atoms with van der Waals surface area (Å²) in [4.78, 5) is 16.3. The normalized spacial score (nSPS) is 11.1. The Hall–Kier alpha value is -3.27. The van der Waals surface area contributed by atoms with Gasteiger partial charge in [0.1, 0.15) is 17.1 Å². The molecule has 28 heavy (non-hydrogen) atoms. The van der Waals surface area contributed by atoms with Crippen molar-refractivity contribution in [3.63, 3.8) is 0 Å². The number of fused-ring (bicyclic) bond motifs is 1. The van der Waals surface area contributed by atoms with Gasteiger partial charge in [0.15, 0.2) is 0 Å². The van der Waals surface area contributed by atoms with Gasteiger partial charge in [0.05, 0.1) is 12.3 Å². The monoisotopic (exact) mass is 373 g/mol. The number of hydrogen-bond donors (Lipinski definition) is 1. The molecule has 0 spiro atoms. The van der Waals surface area contributed by atoms with Crippen molar-refractivity contribution in [2.75, 3.05) is 6.61 Å². The van der Waals surface area contributed by atoms with Gasteiger partial charge in [-0.2, -0.15) is 0 Å². The van der Waals surface area contributed by atoms with E-state index in [1.165, 1.54) is 0 Å². The minimum absolute atomic E-state index is 0.320. The van der Waals surface area contributed by atoms with Crippen LogP contribution in [0.5, 0.6) is 0 Å². The van der Waals surface area contributed by atoms with Crippen LogP contribution >= 0.6 is 0 Å². The largest absolute Gasteiger partial charge is 0.465 e. The smallest absolute Gasteiger partial charge is 0.342 e. The van der Waals surface area contributed by atoms with Gasteiger partial charge in [-0.15, -0.1) is 0 Å². The molecule has 142 valence electrons. The minimum atomic E-state index is -0.354. The van der Waals surface area contributed by atoms with Crippen molar-refractivity contribution in [2.45, 2.75) is 27.7 Å². The minimum Gasteiger partial charge on any atom is -0.465 e. The molecule has 2 heterocycles. The number of H-pyrrole nitrogens is 1. The van der Waals surface area contributed by atoms with E-state index in [1.54, 1.807) is 0 Å². The Bertz CT molecular complexity index is 1170. The van der Waals surface area contributed by atoms with Crippen LogP contribution in [0.15, 0.2) is 52.9 Å². The van der Waals surface area contributed by atoms with E-state index in [0.29, 0.717) is 23.7 Å². The summed E-state index contributed by atoms with van der Waals surface area (Å²) in [5.74, 6) is 0.931. The highest BCUT2D eigenvalue weighted by Gasteiger charge is 2.28. The fourth-order valence-electron chi connectivity index (χ4n) is 3.82. The molecule has 2 aromatic carbocycles. The van der Waals surface area contributed by atoms with Crippen molar-refractivity contribution < 1.29 is 13.9 Å². The molecular formula is C24H23NO3. The van der Waals surface area contributed by atoms with Crippen LogP contribution in [0.2, 0.25) is 0 Å². The highest BCUT2D eigenvalue weighted by Crippen LogP contribution is 2.43. The van der Waals surface area contributed by atoms with E-state index in [4.69, 9.17) is 9.15 Å². The van der Waals surface area contributed by atoms with E-state index in [0.717, 1.165) is 38.9 Å². The lowest BCUT2D eigenvalue weighted by atomic mass is 9.94. The second-order valence-electron chi connectivity index (χ2n) is 6.97. The van der Waals surface area contributed by atoms with Gasteiger partial charge in [-0.05, 0) is 45.4 Å². The second kappa shape index (κ2) is 7.04. The van der Waals surface area contributed by atoms with Gasteiger partial charge in [-0.3, -0.25) is 0 Å². The van der Waals surface area contributed by atoms with E-state index < -0.39 is 0 Å². The van der Waals surface area contributed by atoms with Crippen LogP contribution in [0, 0.1) is 20.8 Å². The number of aryl methyl sites for hydroxylation is 3. The van der Waals surface area contributed by atoms with Crippen LogP contribution in [-0.2, 0) is 4.74 Å². The Kier molecular flexibility index (Phi) is 4.55. The highest BCUT2D eigenvalue weighted by atomic mass is 16.5. The summed E-state index contributed by atoms with van der Waals surface area (Å²) in [6, 6.07) is 16.4. The topological polar surface area (TPSA) is 55.2 Å².